The summed E-state index contributed by atoms with van der Waals surface area (Å²) in [5.74, 6) is -2.77. The topological polar surface area (TPSA) is 133 Å². The van der Waals surface area contributed by atoms with Crippen LogP contribution < -0.4 is 0 Å². The fourth-order valence-corrected chi connectivity index (χ4v) is 2.20. The number of phenolic OH excluding ortho intramolecular Hbond substituents is 1. The third-order valence-electron chi connectivity index (χ3n) is 2.62. The van der Waals surface area contributed by atoms with Crippen molar-refractivity contribution in [3.63, 3.8) is 0 Å². The zero-order chi connectivity index (χ0) is 15.6. The standard InChI is InChI=1S/C11H7IN4O5/c12-6-3-5(8(17)4-7(6)14-15-13)11(20)21-16-9(18)1-2-10(16)19/h3-4,17H,1-2H2. The highest BCUT2D eigenvalue weighted by Crippen LogP contribution is 2.30. The van der Waals surface area contributed by atoms with Crippen LogP contribution in [0.1, 0.15) is 23.2 Å². The van der Waals surface area contributed by atoms with Gasteiger partial charge in [0.25, 0.3) is 11.8 Å². The van der Waals surface area contributed by atoms with Gasteiger partial charge in [0, 0.05) is 21.3 Å². The fraction of sp³-hybridized carbons (Fsp3) is 0.182. The van der Waals surface area contributed by atoms with Crippen LogP contribution in [0.2, 0.25) is 0 Å². The lowest BCUT2D eigenvalue weighted by molar-refractivity contribution is -0.172. The number of hydroxylamine groups is 2. The van der Waals surface area contributed by atoms with E-state index in [-0.39, 0.29) is 24.1 Å². The normalized spacial score (nSPS) is 14.0. The smallest absolute Gasteiger partial charge is 0.367 e. The van der Waals surface area contributed by atoms with E-state index in [1.807, 2.05) is 0 Å². The van der Waals surface area contributed by atoms with E-state index in [9.17, 15) is 19.5 Å². The molecule has 2 amide bonds. The van der Waals surface area contributed by atoms with Crippen LogP contribution in [0.3, 0.4) is 0 Å². The number of halogens is 1. The Balaban J connectivity index is 2.27. The van der Waals surface area contributed by atoms with Gasteiger partial charge in [-0.1, -0.05) is 5.11 Å². The molecule has 108 valence electrons. The Morgan fingerprint density at radius 1 is 1.38 bits per heavy atom. The van der Waals surface area contributed by atoms with Gasteiger partial charge in [0.05, 0.1) is 5.69 Å². The van der Waals surface area contributed by atoms with Crippen LogP contribution in [-0.2, 0) is 14.4 Å². The molecule has 1 aromatic rings. The molecular weight excluding hydrogens is 395 g/mol. The van der Waals surface area contributed by atoms with E-state index in [1.165, 1.54) is 6.07 Å². The lowest BCUT2D eigenvalue weighted by atomic mass is 10.2. The lowest BCUT2D eigenvalue weighted by Crippen LogP contribution is -2.32. The van der Waals surface area contributed by atoms with Gasteiger partial charge in [-0.3, -0.25) is 9.59 Å². The second-order valence-electron chi connectivity index (χ2n) is 3.97. The van der Waals surface area contributed by atoms with E-state index in [0.29, 0.717) is 8.63 Å². The average molecular weight is 402 g/mol. The Morgan fingerprint density at radius 2 is 2.00 bits per heavy atom. The molecule has 1 aliphatic heterocycles. The molecule has 0 atom stereocenters. The molecule has 0 aromatic heterocycles. The molecule has 0 spiro atoms. The number of aromatic hydroxyl groups is 1. The molecule has 0 radical (unpaired) electrons. The Kier molecular flexibility index (Phi) is 4.29. The van der Waals surface area contributed by atoms with Crippen LogP contribution in [0.5, 0.6) is 5.75 Å². The van der Waals surface area contributed by atoms with Crippen LogP contribution in [0.4, 0.5) is 5.69 Å². The second-order valence-corrected chi connectivity index (χ2v) is 5.13. The summed E-state index contributed by atoms with van der Waals surface area (Å²) in [6.07, 6.45) is -0.0447. The van der Waals surface area contributed by atoms with Gasteiger partial charge in [0.2, 0.25) is 0 Å². The molecule has 21 heavy (non-hydrogen) atoms. The van der Waals surface area contributed by atoms with E-state index in [0.717, 1.165) is 6.07 Å². The Morgan fingerprint density at radius 3 is 2.57 bits per heavy atom. The quantitative estimate of drug-likeness (QED) is 0.272. The number of carbonyl (C=O) groups is 3. The molecule has 0 unspecified atom stereocenters. The minimum absolute atomic E-state index is 0.0224. The number of imide groups is 1. The number of phenols is 1. The van der Waals surface area contributed by atoms with Crippen LogP contribution in [0.25, 0.3) is 10.4 Å². The minimum atomic E-state index is -1.05. The maximum Gasteiger partial charge on any atom is 0.367 e. The number of benzene rings is 1. The highest BCUT2D eigenvalue weighted by atomic mass is 127. The first kappa shape index (κ1) is 15.1. The number of azide groups is 1. The number of hydrogen-bond acceptors (Lipinski definition) is 6. The maximum absolute atomic E-state index is 11.9. The SMILES string of the molecule is [N-]=[N+]=Nc1cc(O)c(C(=O)ON2C(=O)CCC2=O)cc1I. The number of hydrogen-bond donors (Lipinski definition) is 1. The molecule has 0 bridgehead atoms. The van der Waals surface area contributed by atoms with Crippen LogP contribution in [-0.4, -0.2) is 28.0 Å². The number of carbonyl (C=O) groups excluding carboxylic acids is 3. The maximum atomic E-state index is 11.9. The van der Waals surface area contributed by atoms with E-state index < -0.39 is 23.5 Å². The summed E-state index contributed by atoms with van der Waals surface area (Å²) in [7, 11) is 0. The third-order valence-corrected chi connectivity index (χ3v) is 3.48. The molecule has 1 fully saturated rings. The second kappa shape index (κ2) is 5.97. The van der Waals surface area contributed by atoms with Gasteiger partial charge in [0.1, 0.15) is 11.3 Å². The van der Waals surface area contributed by atoms with Crippen molar-refractivity contribution in [1.29, 1.82) is 0 Å². The zero-order valence-corrected chi connectivity index (χ0v) is 12.5. The Bertz CT molecular complexity index is 682. The van der Waals surface area contributed by atoms with Gasteiger partial charge in [0.15, 0.2) is 0 Å². The first-order chi connectivity index (χ1) is 9.93. The van der Waals surface area contributed by atoms with Gasteiger partial charge in [-0.15, -0.1) is 5.06 Å². The van der Waals surface area contributed by atoms with Crippen molar-refractivity contribution in [3.8, 4) is 5.75 Å². The van der Waals surface area contributed by atoms with E-state index in [1.54, 1.807) is 22.6 Å². The van der Waals surface area contributed by atoms with E-state index >= 15 is 0 Å². The average Bonchev–Trinajstić information content (AvgIpc) is 2.74. The molecule has 1 aromatic carbocycles. The summed E-state index contributed by atoms with van der Waals surface area (Å²) in [5.41, 5.74) is 8.25. The van der Waals surface area contributed by atoms with Crippen molar-refractivity contribution in [1.82, 2.24) is 5.06 Å². The van der Waals surface area contributed by atoms with Crippen LogP contribution in [0.15, 0.2) is 17.2 Å². The van der Waals surface area contributed by atoms with Crippen molar-refractivity contribution in [3.05, 3.63) is 31.7 Å². The zero-order valence-electron chi connectivity index (χ0n) is 10.3. The highest BCUT2D eigenvalue weighted by molar-refractivity contribution is 14.1. The van der Waals surface area contributed by atoms with E-state index in [4.69, 9.17) is 5.53 Å². The van der Waals surface area contributed by atoms with Gasteiger partial charge in [-0.25, -0.2) is 4.79 Å². The monoisotopic (exact) mass is 402 g/mol. The van der Waals surface area contributed by atoms with Crippen LogP contribution >= 0.6 is 22.6 Å². The molecule has 0 saturated carbocycles. The first-order valence-corrected chi connectivity index (χ1v) is 6.67. The van der Waals surface area contributed by atoms with Crippen LogP contribution in [0, 0.1) is 3.57 Å². The lowest BCUT2D eigenvalue weighted by Gasteiger charge is -2.13. The summed E-state index contributed by atoms with van der Waals surface area (Å²) >= 11 is 1.80. The summed E-state index contributed by atoms with van der Waals surface area (Å²) < 4.78 is 0.397. The molecule has 1 saturated heterocycles. The predicted molar refractivity (Wildman–Crippen MR) is 76.1 cm³/mol. The molecule has 2 rings (SSSR count). The van der Waals surface area contributed by atoms with Crippen molar-refractivity contribution < 1.29 is 24.3 Å². The molecular formula is C11H7IN4O5. The van der Waals surface area contributed by atoms with Gasteiger partial charge in [-0.2, -0.15) is 0 Å². The summed E-state index contributed by atoms with van der Waals surface area (Å²) in [5, 5.41) is 13.5. The number of amides is 2. The third kappa shape index (κ3) is 3.06. The van der Waals surface area contributed by atoms with Gasteiger partial charge in [-0.05, 0) is 40.3 Å². The highest BCUT2D eigenvalue weighted by Gasteiger charge is 2.33. The summed E-state index contributed by atoms with van der Waals surface area (Å²) in [4.78, 5) is 41.9. The number of rotatable bonds is 3. The van der Waals surface area contributed by atoms with Crippen molar-refractivity contribution in [2.45, 2.75) is 12.8 Å². The molecule has 1 N–H and O–H groups in total. The first-order valence-electron chi connectivity index (χ1n) is 5.59. The van der Waals surface area contributed by atoms with Crippen molar-refractivity contribution in [2.24, 2.45) is 5.11 Å². The molecule has 10 heteroatoms. The summed E-state index contributed by atoms with van der Waals surface area (Å²) in [6, 6.07) is 2.32. The van der Waals surface area contributed by atoms with Gasteiger partial charge < -0.3 is 9.94 Å². The molecule has 9 nitrogen and oxygen atoms in total. The van der Waals surface area contributed by atoms with Crippen molar-refractivity contribution >= 4 is 46.1 Å². The van der Waals surface area contributed by atoms with E-state index in [2.05, 4.69) is 14.9 Å². The molecule has 1 heterocycles. The van der Waals surface area contributed by atoms with Gasteiger partial charge >= 0.3 is 5.97 Å². The predicted octanol–water partition coefficient (Wildman–Crippen LogP) is 2.16. The Labute approximate surface area is 131 Å². The largest absolute Gasteiger partial charge is 0.507 e. The Hall–Kier alpha value is -2.33. The number of nitrogens with zero attached hydrogens (tertiary/aromatic N) is 4. The minimum Gasteiger partial charge on any atom is -0.507 e. The van der Waals surface area contributed by atoms with Crippen molar-refractivity contribution in [2.75, 3.05) is 0 Å². The molecule has 1 aliphatic rings. The molecule has 0 aliphatic carbocycles. The fourth-order valence-electron chi connectivity index (χ4n) is 1.63. The summed E-state index contributed by atoms with van der Waals surface area (Å²) in [6.45, 7) is 0.